The summed E-state index contributed by atoms with van der Waals surface area (Å²) >= 11 is 12.3. The second-order valence-corrected chi connectivity index (χ2v) is 11.5. The van der Waals surface area contributed by atoms with E-state index >= 15 is 0 Å². The highest BCUT2D eigenvalue weighted by Crippen LogP contribution is 2.31. The van der Waals surface area contributed by atoms with Crippen molar-refractivity contribution in [2.24, 2.45) is 5.92 Å². The van der Waals surface area contributed by atoms with Crippen LogP contribution in [0, 0.1) is 5.92 Å². The Hall–Kier alpha value is -2.36. The lowest BCUT2D eigenvalue weighted by Gasteiger charge is -2.38. The van der Waals surface area contributed by atoms with E-state index in [0.717, 1.165) is 18.5 Å². The van der Waals surface area contributed by atoms with Crippen molar-refractivity contribution in [1.29, 1.82) is 0 Å². The summed E-state index contributed by atoms with van der Waals surface area (Å²) in [7, 11) is 5.94. The number of fused-ring (bicyclic) bond motifs is 1. The number of likely N-dealkylation sites (N-methyl/N-ethyl adjacent to an activating group) is 1. The molecule has 10 heteroatoms. The molecule has 0 radical (unpaired) electrons. The van der Waals surface area contributed by atoms with Crippen molar-refractivity contribution >= 4 is 40.7 Å². The average molecular weight is 580 g/mol. The van der Waals surface area contributed by atoms with Crippen LogP contribution in [0.1, 0.15) is 42.6 Å². The number of aliphatic hydroxyl groups excluding tert-OH is 1. The van der Waals surface area contributed by atoms with Crippen molar-refractivity contribution in [2.45, 2.75) is 45.4 Å². The van der Waals surface area contributed by atoms with Crippen LogP contribution in [-0.4, -0.2) is 91.2 Å². The van der Waals surface area contributed by atoms with E-state index in [4.69, 9.17) is 27.9 Å². The normalized spacial score (nSPS) is 18.4. The third-order valence-corrected chi connectivity index (χ3v) is 7.62. The van der Waals surface area contributed by atoms with Gasteiger partial charge in [-0.15, -0.1) is 0 Å². The highest BCUT2D eigenvalue weighted by atomic mass is 35.5. The first-order valence-corrected chi connectivity index (χ1v) is 14.0. The zero-order chi connectivity index (χ0) is 28.7. The van der Waals surface area contributed by atoms with Gasteiger partial charge < -0.3 is 25.0 Å². The van der Waals surface area contributed by atoms with E-state index in [1.165, 1.54) is 0 Å². The highest BCUT2D eigenvalue weighted by Gasteiger charge is 2.33. The highest BCUT2D eigenvalue weighted by molar-refractivity contribution is 6.42. The predicted octanol–water partition coefficient (Wildman–Crippen LogP) is 4.63. The van der Waals surface area contributed by atoms with Crippen molar-refractivity contribution < 1.29 is 19.4 Å². The first kappa shape index (κ1) is 31.2. The minimum absolute atomic E-state index is 0.0107. The minimum atomic E-state index is -0.371. The summed E-state index contributed by atoms with van der Waals surface area (Å²) in [5.74, 6) is 0.111. The van der Waals surface area contributed by atoms with Crippen molar-refractivity contribution in [1.82, 2.24) is 14.7 Å². The summed E-state index contributed by atoms with van der Waals surface area (Å²) < 4.78 is 6.47. The molecule has 1 aliphatic heterocycles. The van der Waals surface area contributed by atoms with E-state index in [1.54, 1.807) is 29.2 Å². The molecule has 0 unspecified atom stereocenters. The molecular formula is C29H40Cl2N4O4. The fraction of sp³-hybridized carbons (Fsp3) is 0.517. The molecule has 1 heterocycles. The summed E-state index contributed by atoms with van der Waals surface area (Å²) in [5, 5.41) is 13.8. The van der Waals surface area contributed by atoms with E-state index < -0.39 is 0 Å². The summed E-state index contributed by atoms with van der Waals surface area (Å²) in [6.45, 7) is 6.21. The number of nitrogens with zero attached hydrogens (tertiary/aromatic N) is 3. The standard InChI is InChI=1S/C29H40Cl2N4O4/c1-19-15-35(20(2)18-36)29(38)23-14-22(32-28(37)7-6-12-33(3)4)9-11-26(23)39-27(19)17-34(5)16-21-8-10-24(30)25(31)13-21/h8-11,13-14,19-20,27,36H,6-7,12,15-18H2,1-5H3,(H,32,37)/t19-,20+,27+/m0/s1. The first-order valence-electron chi connectivity index (χ1n) is 13.3. The molecule has 0 saturated heterocycles. The van der Waals surface area contributed by atoms with Crippen molar-refractivity contribution in [2.75, 3.05) is 52.7 Å². The van der Waals surface area contributed by atoms with Gasteiger partial charge in [-0.1, -0.05) is 36.2 Å². The van der Waals surface area contributed by atoms with Gasteiger partial charge >= 0.3 is 0 Å². The number of halogens is 2. The Labute approximate surface area is 241 Å². The number of anilines is 1. The van der Waals surface area contributed by atoms with Gasteiger partial charge in [-0.25, -0.2) is 0 Å². The van der Waals surface area contributed by atoms with Crippen LogP contribution in [0.3, 0.4) is 0 Å². The molecule has 3 atom stereocenters. The van der Waals surface area contributed by atoms with E-state index in [0.29, 0.717) is 53.1 Å². The van der Waals surface area contributed by atoms with Gasteiger partial charge in [0.15, 0.2) is 0 Å². The van der Waals surface area contributed by atoms with Crippen LogP contribution in [0.25, 0.3) is 0 Å². The number of benzene rings is 2. The molecule has 0 bridgehead atoms. The second-order valence-electron chi connectivity index (χ2n) is 10.7. The smallest absolute Gasteiger partial charge is 0.258 e. The minimum Gasteiger partial charge on any atom is -0.488 e. The van der Waals surface area contributed by atoms with E-state index in [-0.39, 0.29) is 36.5 Å². The quantitative estimate of drug-likeness (QED) is 0.404. The molecule has 2 aromatic rings. The van der Waals surface area contributed by atoms with Gasteiger partial charge in [-0.05, 0) is 76.9 Å². The van der Waals surface area contributed by atoms with Crippen LogP contribution in [0.15, 0.2) is 36.4 Å². The van der Waals surface area contributed by atoms with Crippen LogP contribution in [0.5, 0.6) is 5.75 Å². The van der Waals surface area contributed by atoms with Crippen LogP contribution in [0.4, 0.5) is 5.69 Å². The number of aliphatic hydroxyl groups is 1. The number of rotatable bonds is 11. The molecule has 2 amide bonds. The molecule has 1 aliphatic rings. The van der Waals surface area contributed by atoms with E-state index in [9.17, 15) is 14.7 Å². The Morgan fingerprint density at radius 3 is 2.59 bits per heavy atom. The van der Waals surface area contributed by atoms with Crippen LogP contribution in [-0.2, 0) is 11.3 Å². The van der Waals surface area contributed by atoms with E-state index in [2.05, 4.69) is 17.1 Å². The van der Waals surface area contributed by atoms with Crippen molar-refractivity contribution in [3.05, 3.63) is 57.6 Å². The molecule has 0 spiro atoms. The lowest BCUT2D eigenvalue weighted by molar-refractivity contribution is -0.116. The predicted molar refractivity (Wildman–Crippen MR) is 157 cm³/mol. The number of nitrogens with one attached hydrogen (secondary N) is 1. The van der Waals surface area contributed by atoms with E-state index in [1.807, 2.05) is 45.1 Å². The topological polar surface area (TPSA) is 85.3 Å². The first-order chi connectivity index (χ1) is 18.5. The van der Waals surface area contributed by atoms with Gasteiger partial charge in [0.05, 0.1) is 28.3 Å². The third-order valence-electron chi connectivity index (χ3n) is 6.89. The number of amides is 2. The Morgan fingerprint density at radius 1 is 1.18 bits per heavy atom. The maximum atomic E-state index is 13.6. The zero-order valence-corrected chi connectivity index (χ0v) is 24.9. The maximum absolute atomic E-state index is 13.6. The fourth-order valence-electron chi connectivity index (χ4n) is 4.62. The molecule has 39 heavy (non-hydrogen) atoms. The summed E-state index contributed by atoms with van der Waals surface area (Å²) in [6.07, 6.45) is 0.894. The largest absolute Gasteiger partial charge is 0.488 e. The van der Waals surface area contributed by atoms with Gasteiger partial charge in [0.25, 0.3) is 5.91 Å². The van der Waals surface area contributed by atoms with Crippen LogP contribution >= 0.6 is 23.2 Å². The van der Waals surface area contributed by atoms with Gasteiger partial charge in [0.1, 0.15) is 11.9 Å². The molecular weight excluding hydrogens is 539 g/mol. The lowest BCUT2D eigenvalue weighted by Crippen LogP contribution is -2.49. The Kier molecular flexibility index (Phi) is 11.4. The fourth-order valence-corrected chi connectivity index (χ4v) is 4.94. The Morgan fingerprint density at radius 2 is 1.92 bits per heavy atom. The molecule has 8 nitrogen and oxygen atoms in total. The van der Waals surface area contributed by atoms with Crippen molar-refractivity contribution in [3.8, 4) is 5.75 Å². The van der Waals surface area contributed by atoms with Crippen molar-refractivity contribution in [3.63, 3.8) is 0 Å². The number of carbonyl (C=O) groups is 2. The molecule has 2 N–H and O–H groups in total. The van der Waals surface area contributed by atoms with Gasteiger partial charge in [-0.3, -0.25) is 14.5 Å². The monoisotopic (exact) mass is 578 g/mol. The molecule has 2 aromatic carbocycles. The third kappa shape index (κ3) is 8.82. The van der Waals surface area contributed by atoms with Crippen LogP contribution in [0.2, 0.25) is 10.0 Å². The summed E-state index contributed by atoms with van der Waals surface area (Å²) in [4.78, 5) is 32.0. The summed E-state index contributed by atoms with van der Waals surface area (Å²) in [6, 6.07) is 10.4. The molecule has 0 aliphatic carbocycles. The summed E-state index contributed by atoms with van der Waals surface area (Å²) in [5.41, 5.74) is 1.94. The lowest BCUT2D eigenvalue weighted by atomic mass is 9.99. The Balaban J connectivity index is 1.82. The SMILES string of the molecule is C[C@H](CO)N1C[C@H](C)[C@@H](CN(C)Cc2ccc(Cl)c(Cl)c2)Oc2ccc(NC(=O)CCCN(C)C)cc2C1=O. The number of hydrogen-bond acceptors (Lipinski definition) is 6. The molecule has 0 saturated carbocycles. The van der Waals surface area contributed by atoms with Gasteiger partial charge in [0.2, 0.25) is 5.91 Å². The molecule has 0 fully saturated rings. The number of carbonyl (C=O) groups excluding carboxylic acids is 2. The molecule has 0 aromatic heterocycles. The Bertz CT molecular complexity index is 1150. The van der Waals surface area contributed by atoms with Crippen LogP contribution < -0.4 is 10.1 Å². The molecule has 3 rings (SSSR count). The second kappa shape index (κ2) is 14.3. The van der Waals surface area contributed by atoms with Gasteiger partial charge in [0, 0.05) is 37.7 Å². The maximum Gasteiger partial charge on any atom is 0.258 e. The molecule has 214 valence electrons. The zero-order valence-electron chi connectivity index (χ0n) is 23.4. The van der Waals surface area contributed by atoms with Gasteiger partial charge in [-0.2, -0.15) is 0 Å². The number of ether oxygens (including phenoxy) is 1. The number of hydrogen-bond donors (Lipinski definition) is 2. The average Bonchev–Trinajstić information content (AvgIpc) is 2.88.